The first-order valence-electron chi connectivity index (χ1n) is 28.3. The van der Waals surface area contributed by atoms with Crippen LogP contribution in [0.15, 0.2) is 0 Å². The Morgan fingerprint density at radius 2 is 0.624 bits per heavy atom. The molecule has 484 valence electrons. The number of aliphatic hydroxyl groups excluding tert-OH is 1. The fourth-order valence-electron chi connectivity index (χ4n) is 7.06. The summed E-state index contributed by atoms with van der Waals surface area (Å²) < 4.78 is 65.9. The van der Waals surface area contributed by atoms with E-state index in [2.05, 4.69) is 16.0 Å². The van der Waals surface area contributed by atoms with Crippen LogP contribution in [-0.4, -0.2) is 270 Å². The van der Waals surface area contributed by atoms with Gasteiger partial charge in [0.1, 0.15) is 0 Å². The first kappa shape index (κ1) is 73.3. The second-order valence-corrected chi connectivity index (χ2v) is 18.4. The number of carbonyl (C=O) groups excluding carboxylic acids is 11. The first-order chi connectivity index (χ1) is 41.2. The van der Waals surface area contributed by atoms with Gasteiger partial charge in [-0.25, -0.2) is 14.4 Å². The number of hydrogen-bond donors (Lipinski definition) is 4. The fourth-order valence-corrected chi connectivity index (χ4v) is 7.06. The molecule has 0 bridgehead atoms. The molecule has 4 N–H and O–H groups in total. The molecule has 0 aromatic rings. The molecule has 0 aromatic carbocycles. The molecule has 0 aliphatic carbocycles. The summed E-state index contributed by atoms with van der Waals surface area (Å²) in [5, 5.41) is 19.5. The van der Waals surface area contributed by atoms with Gasteiger partial charge in [0.25, 0.3) is 29.5 Å². The second-order valence-electron chi connectivity index (χ2n) is 18.4. The predicted molar refractivity (Wildman–Crippen MR) is 283 cm³/mol. The fraction of sp³-hybridized carbons (Fsp3) is 0.788. The zero-order valence-corrected chi connectivity index (χ0v) is 48.1. The number of ether oxygens (including phenoxy) is 12. The maximum atomic E-state index is 12.4. The van der Waals surface area contributed by atoms with E-state index in [9.17, 15) is 57.8 Å². The lowest BCUT2D eigenvalue weighted by Crippen LogP contribution is -2.35. The monoisotopic (exact) mass is 1220 g/mol. The van der Waals surface area contributed by atoms with Crippen LogP contribution in [0.3, 0.4) is 0 Å². The van der Waals surface area contributed by atoms with Gasteiger partial charge in [-0.15, -0.1) is 15.2 Å². The van der Waals surface area contributed by atoms with Crippen LogP contribution >= 0.6 is 0 Å². The van der Waals surface area contributed by atoms with Gasteiger partial charge in [0.15, 0.2) is 6.23 Å². The Morgan fingerprint density at radius 1 is 0.353 bits per heavy atom. The van der Waals surface area contributed by atoms with E-state index < -0.39 is 53.7 Å². The van der Waals surface area contributed by atoms with Crippen LogP contribution in [0.4, 0.5) is 0 Å². The Kier molecular flexibility index (Phi) is 40.7. The summed E-state index contributed by atoms with van der Waals surface area (Å²) >= 11 is 0. The highest BCUT2D eigenvalue weighted by Crippen LogP contribution is 2.17. The lowest BCUT2D eigenvalue weighted by molar-refractivity contribution is -0.221. The van der Waals surface area contributed by atoms with Crippen molar-refractivity contribution in [3.63, 3.8) is 0 Å². The van der Waals surface area contributed by atoms with Gasteiger partial charge in [-0.1, -0.05) is 0 Å². The summed E-state index contributed by atoms with van der Waals surface area (Å²) in [4.78, 5) is 145. The maximum absolute atomic E-state index is 12.4. The van der Waals surface area contributed by atoms with Crippen molar-refractivity contribution in [3.8, 4) is 0 Å². The molecule has 1 atom stereocenters. The molecule has 3 rings (SSSR count). The van der Waals surface area contributed by atoms with E-state index >= 15 is 0 Å². The molecule has 3 aliphatic heterocycles. The molecule has 33 nitrogen and oxygen atoms in total. The molecule has 3 heterocycles. The molecular weight excluding hydrogens is 1140 g/mol. The molecule has 3 fully saturated rings. The van der Waals surface area contributed by atoms with E-state index in [0.29, 0.717) is 15.2 Å². The molecule has 0 radical (unpaired) electrons. The van der Waals surface area contributed by atoms with Crippen LogP contribution in [-0.2, 0) is 124 Å². The second kappa shape index (κ2) is 47.2. The highest BCUT2D eigenvalue weighted by atomic mass is 16.7. The Morgan fingerprint density at radius 3 is 0.918 bits per heavy atom. The summed E-state index contributed by atoms with van der Waals surface area (Å²) in [7, 11) is 0. The molecule has 3 aliphatic rings. The number of hydrogen-bond acceptors (Lipinski definition) is 27. The number of amides is 8. The van der Waals surface area contributed by atoms with Gasteiger partial charge in [-0.2, -0.15) is 0 Å². The zero-order valence-electron chi connectivity index (χ0n) is 48.1. The van der Waals surface area contributed by atoms with Crippen molar-refractivity contribution in [1.29, 1.82) is 0 Å². The predicted octanol–water partition coefficient (Wildman–Crippen LogP) is -2.90. The average Bonchev–Trinajstić information content (AvgIpc) is 4.35. The number of nitrogens with one attached hydrogen (secondary N) is 3. The van der Waals surface area contributed by atoms with Crippen LogP contribution in [0.25, 0.3) is 0 Å². The van der Waals surface area contributed by atoms with Gasteiger partial charge >= 0.3 is 17.9 Å². The highest BCUT2D eigenvalue weighted by Gasteiger charge is 2.35. The molecule has 85 heavy (non-hydrogen) atoms. The minimum atomic E-state index is -1.13. The third-order valence-electron chi connectivity index (χ3n) is 11.5. The summed E-state index contributed by atoms with van der Waals surface area (Å²) in [6, 6.07) is 0. The summed E-state index contributed by atoms with van der Waals surface area (Å²) in [6.45, 7) is 5.26. The molecule has 0 saturated carbocycles. The van der Waals surface area contributed by atoms with Gasteiger partial charge in [-0.3, -0.25) is 38.4 Å². The standard InChI is InChI=1S/C52H84N6O27/c59-41(53-13-22-74-28-34-77-31-25-71-19-10-50(68)83-56-44(62)1-2-45(56)63)7-16-80-37-40(38-81-17-8-42(60)54-14-23-75-29-35-78-32-26-72-20-11-51(69)84-57-46(64)3-4-47(57)65)39-82-18-9-43(61)55-15-24-76-30-36-79-33-27-73-21-12-52(70)85-58-48(66)5-6-49(58)67/h40,44,62H,1-39H2,(H,53,59)(H,54,60)(H,55,61). The maximum Gasteiger partial charge on any atom is 0.335 e. The molecule has 33 heteroatoms. The van der Waals surface area contributed by atoms with Crippen LogP contribution in [0.2, 0.25) is 0 Å². The van der Waals surface area contributed by atoms with Crippen LogP contribution < -0.4 is 16.0 Å². The van der Waals surface area contributed by atoms with Crippen LogP contribution in [0, 0.1) is 5.92 Å². The van der Waals surface area contributed by atoms with Crippen molar-refractivity contribution in [1.82, 2.24) is 31.1 Å². The van der Waals surface area contributed by atoms with Crippen molar-refractivity contribution < 1.29 is 129 Å². The topological polar surface area (TPSA) is 392 Å². The molecule has 0 spiro atoms. The Labute approximate surface area is 491 Å². The normalized spacial score (nSPS) is 15.2. The molecule has 8 amide bonds. The van der Waals surface area contributed by atoms with E-state index in [-0.39, 0.29) is 279 Å². The number of nitrogens with zero attached hydrogens (tertiary/aromatic N) is 3. The number of aliphatic hydroxyl groups is 1. The third-order valence-corrected chi connectivity index (χ3v) is 11.5. The lowest BCUT2D eigenvalue weighted by Gasteiger charge is -2.18. The van der Waals surface area contributed by atoms with Crippen LogP contribution in [0.1, 0.15) is 77.0 Å². The number of imide groups is 2. The molecule has 1 unspecified atom stereocenters. The third kappa shape index (κ3) is 36.6. The van der Waals surface area contributed by atoms with Gasteiger partial charge in [-0.05, 0) is 0 Å². The minimum Gasteiger partial charge on any atom is -0.380 e. The van der Waals surface area contributed by atoms with E-state index in [1.54, 1.807) is 0 Å². The average molecular weight is 1230 g/mol. The number of carbonyl (C=O) groups is 11. The summed E-state index contributed by atoms with van der Waals surface area (Å²) in [5.41, 5.74) is 0. The summed E-state index contributed by atoms with van der Waals surface area (Å²) in [5.74, 6) is -5.96. The van der Waals surface area contributed by atoms with Crippen molar-refractivity contribution in [3.05, 3.63) is 0 Å². The van der Waals surface area contributed by atoms with E-state index in [1.165, 1.54) is 0 Å². The summed E-state index contributed by atoms with van der Waals surface area (Å²) in [6.07, 6.45) is -0.951. The van der Waals surface area contributed by atoms with E-state index in [4.69, 9.17) is 71.4 Å². The highest BCUT2D eigenvalue weighted by molar-refractivity contribution is 6.02. The van der Waals surface area contributed by atoms with Gasteiger partial charge in [0, 0.05) is 83.3 Å². The molecular formula is C52H84N6O27. The Bertz CT molecular complexity index is 1900. The van der Waals surface area contributed by atoms with E-state index in [1.807, 2.05) is 0 Å². The zero-order chi connectivity index (χ0) is 61.5. The SMILES string of the molecule is O=C(CCOCC(COCCC(=O)NCCOCCOCCOCCC(=O)ON1C(=O)CCC1=O)COCCC(=O)NCCOCCOCCOCCC(=O)ON1C(=O)CCC1O)NCCOCCOCCOCCC(=O)ON1C(=O)CCC1=O. The number of hydroxylamine groups is 6. The van der Waals surface area contributed by atoms with Gasteiger partial charge in [0.05, 0.1) is 178 Å². The van der Waals surface area contributed by atoms with Gasteiger partial charge < -0.3 is 92.4 Å². The van der Waals surface area contributed by atoms with Crippen molar-refractivity contribution >= 4 is 65.2 Å². The minimum absolute atomic E-state index is 0.0115. The van der Waals surface area contributed by atoms with Crippen LogP contribution in [0.5, 0.6) is 0 Å². The van der Waals surface area contributed by atoms with Crippen molar-refractivity contribution in [2.75, 3.05) is 178 Å². The van der Waals surface area contributed by atoms with E-state index in [0.717, 1.165) is 0 Å². The first-order valence-corrected chi connectivity index (χ1v) is 28.3. The lowest BCUT2D eigenvalue weighted by atomic mass is 10.2. The van der Waals surface area contributed by atoms with Crippen molar-refractivity contribution in [2.24, 2.45) is 5.92 Å². The quantitative estimate of drug-likeness (QED) is 0.0351. The smallest absolute Gasteiger partial charge is 0.335 e. The Hall–Kier alpha value is -5.95. The number of rotatable bonds is 54. The van der Waals surface area contributed by atoms with Gasteiger partial charge in [0.2, 0.25) is 17.7 Å². The Balaban J connectivity index is 1.19. The van der Waals surface area contributed by atoms with Crippen molar-refractivity contribution in [2.45, 2.75) is 83.3 Å². The molecule has 0 aromatic heterocycles. The molecule has 3 saturated heterocycles. The largest absolute Gasteiger partial charge is 0.380 e.